The van der Waals surface area contributed by atoms with Crippen LogP contribution in [-0.2, 0) is 5.41 Å². The van der Waals surface area contributed by atoms with Crippen molar-refractivity contribution in [1.29, 1.82) is 0 Å². The minimum atomic E-state index is -0.408. The molecule has 0 aromatic heterocycles. The Morgan fingerprint density at radius 3 is 1.21 bits per heavy atom. The first-order chi connectivity index (χ1) is 16.1. The number of nitrogens with zero attached hydrogens (tertiary/aromatic N) is 2. The molecule has 0 saturated carbocycles. The minimum absolute atomic E-state index is 0.408. The summed E-state index contributed by atoms with van der Waals surface area (Å²) < 4.78 is 0. The lowest BCUT2D eigenvalue weighted by atomic mass is 9.65. The van der Waals surface area contributed by atoms with Crippen molar-refractivity contribution in [3.05, 3.63) is 131 Å². The van der Waals surface area contributed by atoms with E-state index in [4.69, 9.17) is 0 Å². The van der Waals surface area contributed by atoms with Crippen LogP contribution in [0, 0.1) is 0 Å². The highest BCUT2D eigenvalue weighted by atomic mass is 15.1. The Morgan fingerprint density at radius 2 is 0.848 bits per heavy atom. The van der Waals surface area contributed by atoms with E-state index in [-0.39, 0.29) is 0 Å². The molecule has 4 aromatic rings. The second-order valence-electron chi connectivity index (χ2n) is 8.64. The zero-order valence-corrected chi connectivity index (χ0v) is 20.2. The van der Waals surface area contributed by atoms with Crippen LogP contribution in [0.15, 0.2) is 109 Å². The van der Waals surface area contributed by atoms with Gasteiger partial charge in [0.2, 0.25) is 0 Å². The Hall–Kier alpha value is -3.52. The molecular weight excluding hydrogens is 400 g/mol. The van der Waals surface area contributed by atoms with Crippen molar-refractivity contribution in [1.82, 2.24) is 0 Å². The van der Waals surface area contributed by atoms with Gasteiger partial charge in [-0.1, -0.05) is 84.9 Å². The van der Waals surface area contributed by atoms with E-state index >= 15 is 0 Å². The van der Waals surface area contributed by atoms with Crippen LogP contribution in [0.1, 0.15) is 36.1 Å². The standard InChI is InChI=1S/C31H34N2/c1-5-33(6-2)30-23-19-28(20-24-30)31(25-13-9-7-10-14-25,26-15-11-8-12-16-26)27-17-21-29(22-18-27)32(3)4/h7-24H,5-6H2,1-4H3. The maximum absolute atomic E-state index is 2.39. The molecule has 0 aliphatic carbocycles. The molecule has 4 rings (SSSR count). The molecule has 0 bridgehead atoms. The summed E-state index contributed by atoms with van der Waals surface area (Å²) in [5.41, 5.74) is 7.13. The van der Waals surface area contributed by atoms with Gasteiger partial charge in [-0.3, -0.25) is 0 Å². The zero-order chi connectivity index (χ0) is 23.3. The average molecular weight is 435 g/mol. The van der Waals surface area contributed by atoms with Gasteiger partial charge in [0.05, 0.1) is 5.41 Å². The molecule has 0 radical (unpaired) electrons. The van der Waals surface area contributed by atoms with Crippen LogP contribution in [0.3, 0.4) is 0 Å². The predicted octanol–water partition coefficient (Wildman–Crippen LogP) is 6.98. The molecule has 33 heavy (non-hydrogen) atoms. The summed E-state index contributed by atoms with van der Waals surface area (Å²) in [6.45, 7) is 6.43. The Morgan fingerprint density at radius 1 is 0.485 bits per heavy atom. The van der Waals surface area contributed by atoms with Crippen molar-refractivity contribution >= 4 is 11.4 Å². The summed E-state index contributed by atoms with van der Waals surface area (Å²) in [6.07, 6.45) is 0. The van der Waals surface area contributed by atoms with E-state index < -0.39 is 5.41 Å². The van der Waals surface area contributed by atoms with Gasteiger partial charge in [0, 0.05) is 38.6 Å². The maximum atomic E-state index is 2.39. The molecule has 0 fully saturated rings. The van der Waals surface area contributed by atoms with Gasteiger partial charge in [-0.25, -0.2) is 0 Å². The van der Waals surface area contributed by atoms with Gasteiger partial charge >= 0.3 is 0 Å². The molecule has 0 heterocycles. The average Bonchev–Trinajstić information content (AvgIpc) is 2.88. The number of hydrogen-bond acceptors (Lipinski definition) is 2. The number of rotatable bonds is 8. The first-order valence-corrected chi connectivity index (χ1v) is 11.9. The van der Waals surface area contributed by atoms with E-state index in [1.54, 1.807) is 0 Å². The monoisotopic (exact) mass is 434 g/mol. The largest absolute Gasteiger partial charge is 0.378 e. The van der Waals surface area contributed by atoms with Crippen LogP contribution in [-0.4, -0.2) is 27.2 Å². The topological polar surface area (TPSA) is 6.48 Å². The van der Waals surface area contributed by atoms with Crippen molar-refractivity contribution in [2.24, 2.45) is 0 Å². The van der Waals surface area contributed by atoms with Gasteiger partial charge in [-0.05, 0) is 60.4 Å². The molecule has 2 heteroatoms. The van der Waals surface area contributed by atoms with Crippen LogP contribution in [0.2, 0.25) is 0 Å². The molecule has 0 amide bonds. The summed E-state index contributed by atoms with van der Waals surface area (Å²) in [5, 5.41) is 0. The fourth-order valence-corrected chi connectivity index (χ4v) is 4.90. The minimum Gasteiger partial charge on any atom is -0.378 e. The molecule has 0 saturated heterocycles. The number of hydrogen-bond donors (Lipinski definition) is 0. The molecule has 0 unspecified atom stereocenters. The number of anilines is 2. The summed E-state index contributed by atoms with van der Waals surface area (Å²) in [5.74, 6) is 0. The third-order valence-electron chi connectivity index (χ3n) is 6.66. The molecule has 4 aromatic carbocycles. The third kappa shape index (κ3) is 4.26. The van der Waals surface area contributed by atoms with Gasteiger partial charge in [-0.15, -0.1) is 0 Å². The normalized spacial score (nSPS) is 11.3. The van der Waals surface area contributed by atoms with E-state index in [9.17, 15) is 0 Å². The second-order valence-corrected chi connectivity index (χ2v) is 8.64. The van der Waals surface area contributed by atoms with E-state index in [0.29, 0.717) is 0 Å². The van der Waals surface area contributed by atoms with E-state index in [0.717, 1.165) is 13.1 Å². The smallest absolute Gasteiger partial charge is 0.0701 e. The summed E-state index contributed by atoms with van der Waals surface area (Å²) in [7, 11) is 4.17. The Kier molecular flexibility index (Phi) is 6.84. The van der Waals surface area contributed by atoms with Crippen molar-refractivity contribution in [2.45, 2.75) is 19.3 Å². The molecule has 0 aliphatic heterocycles. The Labute approximate surface area is 199 Å². The SMILES string of the molecule is CCN(CC)c1ccc(C(c2ccccc2)(c2ccccc2)c2ccc(N(C)C)cc2)cc1. The van der Waals surface area contributed by atoms with Gasteiger partial charge in [0.1, 0.15) is 0 Å². The van der Waals surface area contributed by atoms with Gasteiger partial charge < -0.3 is 9.80 Å². The molecule has 168 valence electrons. The second kappa shape index (κ2) is 9.95. The van der Waals surface area contributed by atoms with Crippen LogP contribution in [0.4, 0.5) is 11.4 Å². The lowest BCUT2D eigenvalue weighted by molar-refractivity contribution is 0.744. The van der Waals surface area contributed by atoms with Gasteiger partial charge in [0.15, 0.2) is 0 Å². The lowest BCUT2D eigenvalue weighted by Crippen LogP contribution is -2.31. The zero-order valence-electron chi connectivity index (χ0n) is 20.2. The van der Waals surface area contributed by atoms with Crippen molar-refractivity contribution in [2.75, 3.05) is 37.0 Å². The number of benzene rings is 4. The Bertz CT molecular complexity index is 1090. The predicted molar refractivity (Wildman–Crippen MR) is 143 cm³/mol. The molecule has 2 nitrogen and oxygen atoms in total. The molecule has 0 N–H and O–H groups in total. The Balaban J connectivity index is 2.00. The highest BCUT2D eigenvalue weighted by molar-refractivity contribution is 5.63. The van der Waals surface area contributed by atoms with Gasteiger partial charge in [-0.2, -0.15) is 0 Å². The summed E-state index contributed by atoms with van der Waals surface area (Å²) >= 11 is 0. The molecule has 0 spiro atoms. The third-order valence-corrected chi connectivity index (χ3v) is 6.66. The van der Waals surface area contributed by atoms with Gasteiger partial charge in [0.25, 0.3) is 0 Å². The summed E-state index contributed by atoms with van der Waals surface area (Å²) in [6, 6.07) is 40.0. The molecular formula is C31H34N2. The van der Waals surface area contributed by atoms with Crippen molar-refractivity contribution < 1.29 is 0 Å². The fraction of sp³-hybridized carbons (Fsp3) is 0.226. The van der Waals surface area contributed by atoms with Crippen LogP contribution in [0.5, 0.6) is 0 Å². The van der Waals surface area contributed by atoms with Crippen molar-refractivity contribution in [3.8, 4) is 0 Å². The quantitative estimate of drug-likeness (QED) is 0.276. The van der Waals surface area contributed by atoms with Crippen LogP contribution < -0.4 is 9.80 Å². The lowest BCUT2D eigenvalue weighted by Gasteiger charge is -2.37. The molecule has 0 aliphatic rings. The van der Waals surface area contributed by atoms with E-state index in [2.05, 4.69) is 147 Å². The fourth-order valence-electron chi connectivity index (χ4n) is 4.90. The van der Waals surface area contributed by atoms with E-state index in [1.807, 2.05) is 0 Å². The highest BCUT2D eigenvalue weighted by Crippen LogP contribution is 2.45. The summed E-state index contributed by atoms with van der Waals surface area (Å²) in [4.78, 5) is 4.54. The highest BCUT2D eigenvalue weighted by Gasteiger charge is 2.38. The van der Waals surface area contributed by atoms with Crippen molar-refractivity contribution in [3.63, 3.8) is 0 Å². The maximum Gasteiger partial charge on any atom is 0.0701 e. The van der Waals surface area contributed by atoms with Crippen LogP contribution >= 0.6 is 0 Å². The van der Waals surface area contributed by atoms with Crippen LogP contribution in [0.25, 0.3) is 0 Å². The first kappa shape index (κ1) is 22.7. The first-order valence-electron chi connectivity index (χ1n) is 11.9. The molecule has 0 atom stereocenters. The van der Waals surface area contributed by atoms with E-state index in [1.165, 1.54) is 33.6 Å².